The third-order valence-electron chi connectivity index (χ3n) is 6.28. The van der Waals surface area contributed by atoms with Crippen molar-refractivity contribution in [1.82, 2.24) is 14.8 Å². The summed E-state index contributed by atoms with van der Waals surface area (Å²) in [5, 5.41) is 23.6. The number of pyridine rings is 1. The summed E-state index contributed by atoms with van der Waals surface area (Å²) in [4.78, 5) is 39.4. The molecule has 1 fully saturated rings. The largest absolute Gasteiger partial charge is 0.503 e. The number of carbonyl (C=O) groups excluding carboxylic acids is 2. The highest BCUT2D eigenvalue weighted by molar-refractivity contribution is 5.99. The van der Waals surface area contributed by atoms with Crippen LogP contribution in [0.25, 0.3) is 0 Å². The molecule has 3 heterocycles. The number of rotatable bonds is 4. The van der Waals surface area contributed by atoms with Crippen molar-refractivity contribution in [2.75, 3.05) is 13.1 Å². The minimum absolute atomic E-state index is 0.0718. The second-order valence-electron chi connectivity index (χ2n) is 8.42. The first kappa shape index (κ1) is 22.8. The molecule has 0 spiro atoms. The van der Waals surface area contributed by atoms with Gasteiger partial charge in [-0.1, -0.05) is 12.1 Å². The second kappa shape index (κ2) is 8.22. The van der Waals surface area contributed by atoms with Crippen molar-refractivity contribution in [2.24, 2.45) is 0 Å². The second-order valence-corrected chi connectivity index (χ2v) is 8.42. The first-order valence-electron chi connectivity index (χ1n) is 10.4. The predicted molar refractivity (Wildman–Crippen MR) is 110 cm³/mol. The average molecular weight is 465 g/mol. The Kier molecular flexibility index (Phi) is 5.69. The third kappa shape index (κ3) is 3.75. The lowest BCUT2D eigenvalue weighted by Gasteiger charge is -2.41. The molecule has 1 saturated heterocycles. The molecular formula is C22H22F3N3O5. The van der Waals surface area contributed by atoms with Crippen LogP contribution in [-0.4, -0.2) is 56.6 Å². The molecule has 11 heteroatoms. The van der Waals surface area contributed by atoms with Gasteiger partial charge in [-0.05, 0) is 31.4 Å². The van der Waals surface area contributed by atoms with E-state index in [1.54, 1.807) is 13.0 Å². The van der Waals surface area contributed by atoms with E-state index in [0.717, 1.165) is 10.8 Å². The molecule has 2 aliphatic rings. The van der Waals surface area contributed by atoms with Crippen LogP contribution in [0, 0.1) is 12.7 Å². The number of alkyl halides is 2. The Morgan fingerprint density at radius 1 is 1.33 bits per heavy atom. The molecule has 33 heavy (non-hydrogen) atoms. The number of nitrogens with zero attached hydrogens (tertiary/aromatic N) is 2. The van der Waals surface area contributed by atoms with Crippen LogP contribution in [0.3, 0.4) is 0 Å². The van der Waals surface area contributed by atoms with Gasteiger partial charge < -0.3 is 25.0 Å². The van der Waals surface area contributed by atoms with E-state index in [-0.39, 0.29) is 38.0 Å². The van der Waals surface area contributed by atoms with Crippen molar-refractivity contribution < 1.29 is 33.0 Å². The van der Waals surface area contributed by atoms with Gasteiger partial charge in [0.2, 0.25) is 5.43 Å². The van der Waals surface area contributed by atoms with E-state index < -0.39 is 58.1 Å². The summed E-state index contributed by atoms with van der Waals surface area (Å²) >= 11 is 0. The summed E-state index contributed by atoms with van der Waals surface area (Å²) in [6.45, 7) is 1.22. The van der Waals surface area contributed by atoms with Gasteiger partial charge in [0.1, 0.15) is 17.0 Å². The maximum atomic E-state index is 14.1. The molecule has 176 valence electrons. The van der Waals surface area contributed by atoms with Crippen molar-refractivity contribution in [3.8, 4) is 5.75 Å². The van der Waals surface area contributed by atoms with E-state index in [0.29, 0.717) is 5.56 Å². The third-order valence-corrected chi connectivity index (χ3v) is 6.28. The number of hydrogen-bond acceptors (Lipinski definition) is 5. The molecule has 1 aromatic heterocycles. The van der Waals surface area contributed by atoms with E-state index in [1.165, 1.54) is 17.0 Å². The van der Waals surface area contributed by atoms with Crippen molar-refractivity contribution in [1.29, 1.82) is 0 Å². The van der Waals surface area contributed by atoms with Gasteiger partial charge in [0.15, 0.2) is 11.4 Å². The Morgan fingerprint density at radius 2 is 2.06 bits per heavy atom. The predicted octanol–water partition coefficient (Wildman–Crippen LogP) is 1.72. The van der Waals surface area contributed by atoms with Crippen molar-refractivity contribution in [3.05, 3.63) is 62.8 Å². The van der Waals surface area contributed by atoms with E-state index in [4.69, 9.17) is 0 Å². The maximum Gasteiger partial charge on any atom is 0.274 e. The summed E-state index contributed by atoms with van der Waals surface area (Å²) in [5.41, 5.74) is -4.06. The van der Waals surface area contributed by atoms with Gasteiger partial charge in [0, 0.05) is 31.4 Å². The molecule has 0 aliphatic carbocycles. The van der Waals surface area contributed by atoms with Gasteiger partial charge in [-0.15, -0.1) is 0 Å². The number of amides is 2. The quantitative estimate of drug-likeness (QED) is 0.637. The summed E-state index contributed by atoms with van der Waals surface area (Å²) in [6.07, 6.45) is -2.50. The number of fused-ring (bicyclic) bond motifs is 4. The van der Waals surface area contributed by atoms with E-state index in [9.17, 15) is 37.8 Å². The molecule has 2 aliphatic heterocycles. The molecule has 8 nitrogen and oxygen atoms in total. The van der Waals surface area contributed by atoms with Crippen LogP contribution >= 0.6 is 0 Å². The minimum atomic E-state index is -3.17. The fraction of sp³-hybridized carbons (Fsp3) is 0.409. The molecule has 2 atom stereocenters. The number of hydrogen-bond donors (Lipinski definition) is 3. The molecule has 2 aromatic rings. The molecule has 0 saturated carbocycles. The number of aryl methyl sites for hydroxylation is 1. The summed E-state index contributed by atoms with van der Waals surface area (Å²) in [6, 6.07) is 2.98. The van der Waals surface area contributed by atoms with Gasteiger partial charge in [-0.3, -0.25) is 14.4 Å². The molecule has 1 aromatic carbocycles. The average Bonchev–Trinajstić information content (AvgIpc) is 2.91. The van der Waals surface area contributed by atoms with Crippen LogP contribution in [0.1, 0.15) is 50.9 Å². The van der Waals surface area contributed by atoms with Crippen molar-refractivity contribution >= 4 is 11.8 Å². The van der Waals surface area contributed by atoms with Gasteiger partial charge in [-0.2, -0.15) is 0 Å². The van der Waals surface area contributed by atoms with E-state index in [2.05, 4.69) is 5.32 Å². The summed E-state index contributed by atoms with van der Waals surface area (Å²) in [5.74, 6) is -3.38. The number of aliphatic hydroxyl groups is 1. The SMILES string of the molecule is Cc1ccc(CNC(=O)c2cn3c(c(O)c2=O)C(=O)N2CCCC(O)(C(F)F)C3C2)c(F)c1. The lowest BCUT2D eigenvalue weighted by atomic mass is 9.88. The molecule has 2 bridgehead atoms. The van der Waals surface area contributed by atoms with Crippen LogP contribution in [0.2, 0.25) is 0 Å². The van der Waals surface area contributed by atoms with Crippen LogP contribution in [0.4, 0.5) is 13.2 Å². The van der Waals surface area contributed by atoms with Crippen LogP contribution in [0.5, 0.6) is 5.75 Å². The Bertz CT molecular complexity index is 1200. The Balaban J connectivity index is 1.74. The number of aromatic nitrogens is 1. The van der Waals surface area contributed by atoms with Gasteiger partial charge in [0.05, 0.1) is 6.04 Å². The highest BCUT2D eigenvalue weighted by Gasteiger charge is 2.52. The molecular weight excluding hydrogens is 443 g/mol. The summed E-state index contributed by atoms with van der Waals surface area (Å²) in [7, 11) is 0. The topological polar surface area (TPSA) is 112 Å². The first-order chi connectivity index (χ1) is 15.5. The molecule has 2 unspecified atom stereocenters. The number of benzene rings is 1. The fourth-order valence-electron chi connectivity index (χ4n) is 4.40. The van der Waals surface area contributed by atoms with Crippen molar-refractivity contribution in [3.63, 3.8) is 0 Å². The fourth-order valence-corrected chi connectivity index (χ4v) is 4.40. The summed E-state index contributed by atoms with van der Waals surface area (Å²) < 4.78 is 42.7. The minimum Gasteiger partial charge on any atom is -0.503 e. The number of halogens is 3. The van der Waals surface area contributed by atoms with Crippen LogP contribution in [-0.2, 0) is 6.54 Å². The number of aromatic hydroxyl groups is 1. The highest BCUT2D eigenvalue weighted by atomic mass is 19.3. The number of carbonyl (C=O) groups is 2. The first-order valence-corrected chi connectivity index (χ1v) is 10.4. The van der Waals surface area contributed by atoms with Crippen LogP contribution < -0.4 is 10.7 Å². The standard InChI is InChI=1S/C22H22F3N3O5/c1-11-3-4-12(14(23)7-11)8-26-19(31)13-9-28-15-10-27(6-2-5-22(15,33)21(24)25)20(32)16(28)18(30)17(13)29/h3-4,7,9,15,21,30,33H,2,5-6,8,10H2,1H3,(H,26,31). The zero-order valence-electron chi connectivity index (χ0n) is 17.6. The normalized spacial score (nSPS) is 22.2. The lowest BCUT2D eigenvalue weighted by Crippen LogP contribution is -2.53. The maximum absolute atomic E-state index is 14.1. The van der Waals surface area contributed by atoms with Gasteiger partial charge in [-0.25, -0.2) is 13.2 Å². The zero-order valence-corrected chi connectivity index (χ0v) is 17.6. The van der Waals surface area contributed by atoms with E-state index in [1.807, 2.05) is 0 Å². The molecule has 3 N–H and O–H groups in total. The number of nitrogens with one attached hydrogen (secondary N) is 1. The Morgan fingerprint density at radius 3 is 2.73 bits per heavy atom. The smallest absolute Gasteiger partial charge is 0.274 e. The monoisotopic (exact) mass is 465 g/mol. The Labute approximate surface area is 186 Å². The van der Waals surface area contributed by atoms with Crippen molar-refractivity contribution in [2.45, 2.75) is 44.4 Å². The van der Waals surface area contributed by atoms with E-state index >= 15 is 0 Å². The van der Waals surface area contributed by atoms with Gasteiger partial charge >= 0.3 is 0 Å². The van der Waals surface area contributed by atoms with Crippen LogP contribution in [0.15, 0.2) is 29.2 Å². The molecule has 4 rings (SSSR count). The lowest BCUT2D eigenvalue weighted by molar-refractivity contribution is -0.132. The highest BCUT2D eigenvalue weighted by Crippen LogP contribution is 2.41. The molecule has 0 radical (unpaired) electrons. The molecule has 2 amide bonds. The zero-order chi connectivity index (χ0) is 24.1. The van der Waals surface area contributed by atoms with Gasteiger partial charge in [0.25, 0.3) is 18.2 Å². The Hall–Kier alpha value is -3.34.